The highest BCUT2D eigenvalue weighted by molar-refractivity contribution is 6.31. The first kappa shape index (κ1) is 10.1. The number of fused-ring (bicyclic) bond motifs is 1. The highest BCUT2D eigenvalue weighted by atomic mass is 35.5. The van der Waals surface area contributed by atoms with E-state index in [1.165, 1.54) is 0 Å². The molecule has 2 rings (SSSR count). The molecule has 0 unspecified atom stereocenters. The predicted molar refractivity (Wildman–Crippen MR) is 59.3 cm³/mol. The van der Waals surface area contributed by atoms with Crippen LogP contribution in [0.2, 0.25) is 5.02 Å². The van der Waals surface area contributed by atoms with E-state index in [1.54, 1.807) is 10.6 Å². The summed E-state index contributed by atoms with van der Waals surface area (Å²) in [6.45, 7) is 1.87. The van der Waals surface area contributed by atoms with Gasteiger partial charge in [-0.3, -0.25) is 4.79 Å². The molecule has 2 aromatic rings. The second-order valence-corrected chi connectivity index (χ2v) is 3.91. The Balaban J connectivity index is 2.63. The van der Waals surface area contributed by atoms with E-state index in [1.807, 2.05) is 25.1 Å². The van der Waals surface area contributed by atoms with Gasteiger partial charge in [0.05, 0.1) is 0 Å². The summed E-state index contributed by atoms with van der Waals surface area (Å²) in [6, 6.07) is 7.38. The van der Waals surface area contributed by atoms with Crippen LogP contribution >= 0.6 is 11.6 Å². The first-order valence-electron chi connectivity index (χ1n) is 4.55. The molecule has 0 aliphatic rings. The summed E-state index contributed by atoms with van der Waals surface area (Å²) >= 11 is 5.86. The number of benzene rings is 1. The number of halogens is 1. The first-order valence-corrected chi connectivity index (χ1v) is 4.93. The fourth-order valence-electron chi connectivity index (χ4n) is 1.72. The third kappa shape index (κ3) is 1.83. The summed E-state index contributed by atoms with van der Waals surface area (Å²) in [6.07, 6.45) is 0. The van der Waals surface area contributed by atoms with Gasteiger partial charge in [0.15, 0.2) is 0 Å². The zero-order valence-corrected chi connectivity index (χ0v) is 8.95. The molecule has 3 nitrogen and oxygen atoms in total. The lowest BCUT2D eigenvalue weighted by Gasteiger charge is -2.03. The van der Waals surface area contributed by atoms with Gasteiger partial charge in [0.25, 0.3) is 0 Å². The molecule has 15 heavy (non-hydrogen) atoms. The van der Waals surface area contributed by atoms with Crippen molar-refractivity contribution in [1.29, 1.82) is 0 Å². The number of carboxylic acid groups (broad SMARTS) is 1. The number of carbonyl (C=O) groups is 1. The predicted octanol–water partition coefficient (Wildman–Crippen LogP) is 2.69. The molecular formula is C11H10ClNO2. The minimum atomic E-state index is -0.842. The maximum atomic E-state index is 10.7. The van der Waals surface area contributed by atoms with E-state index in [2.05, 4.69) is 0 Å². The quantitative estimate of drug-likeness (QED) is 0.851. The van der Waals surface area contributed by atoms with Crippen molar-refractivity contribution >= 4 is 28.5 Å². The van der Waals surface area contributed by atoms with Crippen molar-refractivity contribution in [2.75, 3.05) is 0 Å². The molecule has 0 bridgehead atoms. The standard InChI is InChI=1S/C11H10ClNO2/c1-7-4-8-5-9(12)2-3-10(8)13(7)6-11(14)15/h2-5H,6H2,1H3,(H,14,15). The van der Waals surface area contributed by atoms with Crippen molar-refractivity contribution in [1.82, 2.24) is 4.57 Å². The van der Waals surface area contributed by atoms with E-state index >= 15 is 0 Å². The van der Waals surface area contributed by atoms with Crippen LogP contribution in [0.5, 0.6) is 0 Å². The van der Waals surface area contributed by atoms with Gasteiger partial charge in [-0.2, -0.15) is 0 Å². The fourth-order valence-corrected chi connectivity index (χ4v) is 1.91. The summed E-state index contributed by atoms with van der Waals surface area (Å²) in [5, 5.41) is 10.4. The zero-order chi connectivity index (χ0) is 11.0. The van der Waals surface area contributed by atoms with Crippen LogP contribution in [0, 0.1) is 6.92 Å². The minimum Gasteiger partial charge on any atom is -0.480 e. The van der Waals surface area contributed by atoms with Crippen LogP contribution in [-0.2, 0) is 11.3 Å². The van der Waals surface area contributed by atoms with E-state index in [-0.39, 0.29) is 6.54 Å². The van der Waals surface area contributed by atoms with Crippen LogP contribution in [0.25, 0.3) is 10.9 Å². The number of aliphatic carboxylic acids is 1. The molecule has 4 heteroatoms. The number of carboxylic acids is 1. The van der Waals surface area contributed by atoms with Crippen LogP contribution in [0.3, 0.4) is 0 Å². The van der Waals surface area contributed by atoms with Gasteiger partial charge in [0.1, 0.15) is 6.54 Å². The molecule has 0 radical (unpaired) electrons. The summed E-state index contributed by atoms with van der Waals surface area (Å²) in [4.78, 5) is 10.7. The van der Waals surface area contributed by atoms with Gasteiger partial charge in [0.2, 0.25) is 0 Å². The molecular weight excluding hydrogens is 214 g/mol. The van der Waals surface area contributed by atoms with Crippen LogP contribution < -0.4 is 0 Å². The second kappa shape index (κ2) is 3.59. The fraction of sp³-hybridized carbons (Fsp3) is 0.182. The van der Waals surface area contributed by atoms with Gasteiger partial charge in [-0.15, -0.1) is 0 Å². The molecule has 0 spiro atoms. The van der Waals surface area contributed by atoms with E-state index < -0.39 is 5.97 Å². The van der Waals surface area contributed by atoms with Crippen molar-refractivity contribution in [2.24, 2.45) is 0 Å². The van der Waals surface area contributed by atoms with E-state index in [4.69, 9.17) is 16.7 Å². The minimum absolute atomic E-state index is 0.0169. The SMILES string of the molecule is Cc1cc2cc(Cl)ccc2n1CC(=O)O. The van der Waals surface area contributed by atoms with Crippen molar-refractivity contribution in [3.05, 3.63) is 35.0 Å². The Morgan fingerprint density at radius 1 is 1.47 bits per heavy atom. The lowest BCUT2D eigenvalue weighted by Crippen LogP contribution is -2.09. The molecule has 0 saturated carbocycles. The number of hydrogen-bond donors (Lipinski definition) is 1. The Bertz CT molecular complexity index is 531. The lowest BCUT2D eigenvalue weighted by molar-refractivity contribution is -0.137. The van der Waals surface area contributed by atoms with Gasteiger partial charge in [-0.05, 0) is 31.2 Å². The maximum absolute atomic E-state index is 10.7. The molecule has 0 amide bonds. The van der Waals surface area contributed by atoms with Crippen molar-refractivity contribution in [3.63, 3.8) is 0 Å². The first-order chi connectivity index (χ1) is 7.08. The lowest BCUT2D eigenvalue weighted by atomic mass is 10.2. The molecule has 0 fully saturated rings. The Kier molecular flexibility index (Phi) is 2.40. The van der Waals surface area contributed by atoms with Crippen LogP contribution in [0.1, 0.15) is 5.69 Å². The normalized spacial score (nSPS) is 10.8. The van der Waals surface area contributed by atoms with Crippen molar-refractivity contribution in [3.8, 4) is 0 Å². The molecule has 1 N–H and O–H groups in total. The summed E-state index contributed by atoms with van der Waals surface area (Å²) < 4.78 is 1.76. The van der Waals surface area contributed by atoms with Gasteiger partial charge in [0, 0.05) is 21.6 Å². The van der Waals surface area contributed by atoms with Crippen molar-refractivity contribution in [2.45, 2.75) is 13.5 Å². The van der Waals surface area contributed by atoms with Gasteiger partial charge < -0.3 is 9.67 Å². The number of aryl methyl sites for hydroxylation is 1. The van der Waals surface area contributed by atoms with Gasteiger partial charge in [-0.25, -0.2) is 0 Å². The average molecular weight is 224 g/mol. The summed E-state index contributed by atoms with van der Waals surface area (Å²) in [5.41, 5.74) is 1.83. The molecule has 78 valence electrons. The molecule has 0 saturated heterocycles. The highest BCUT2D eigenvalue weighted by Gasteiger charge is 2.08. The van der Waals surface area contributed by atoms with E-state index in [9.17, 15) is 4.79 Å². The summed E-state index contributed by atoms with van der Waals surface area (Å²) in [7, 11) is 0. The molecule has 1 aromatic carbocycles. The third-order valence-corrected chi connectivity index (χ3v) is 2.60. The topological polar surface area (TPSA) is 42.2 Å². The highest BCUT2D eigenvalue weighted by Crippen LogP contribution is 2.23. The number of nitrogens with zero attached hydrogens (tertiary/aromatic N) is 1. The number of hydrogen-bond acceptors (Lipinski definition) is 1. The molecule has 1 heterocycles. The number of aromatic nitrogens is 1. The molecule has 0 atom stereocenters. The van der Waals surface area contributed by atoms with E-state index in [0.29, 0.717) is 5.02 Å². The van der Waals surface area contributed by atoms with Gasteiger partial charge in [-0.1, -0.05) is 11.6 Å². The summed E-state index contributed by atoms with van der Waals surface area (Å²) in [5.74, 6) is -0.842. The Hall–Kier alpha value is -1.48. The number of rotatable bonds is 2. The molecule has 0 aliphatic heterocycles. The molecule has 1 aromatic heterocycles. The Morgan fingerprint density at radius 2 is 2.20 bits per heavy atom. The Morgan fingerprint density at radius 3 is 2.87 bits per heavy atom. The average Bonchev–Trinajstić information content (AvgIpc) is 2.41. The third-order valence-electron chi connectivity index (χ3n) is 2.36. The van der Waals surface area contributed by atoms with Crippen LogP contribution in [-0.4, -0.2) is 15.6 Å². The van der Waals surface area contributed by atoms with Crippen LogP contribution in [0.4, 0.5) is 0 Å². The Labute approximate surface area is 91.9 Å². The van der Waals surface area contributed by atoms with Gasteiger partial charge >= 0.3 is 5.97 Å². The maximum Gasteiger partial charge on any atom is 0.323 e. The zero-order valence-electron chi connectivity index (χ0n) is 8.20. The van der Waals surface area contributed by atoms with Crippen molar-refractivity contribution < 1.29 is 9.90 Å². The monoisotopic (exact) mass is 223 g/mol. The smallest absolute Gasteiger partial charge is 0.323 e. The van der Waals surface area contributed by atoms with E-state index in [0.717, 1.165) is 16.6 Å². The van der Waals surface area contributed by atoms with Crippen LogP contribution in [0.15, 0.2) is 24.3 Å². The molecule has 0 aliphatic carbocycles. The largest absolute Gasteiger partial charge is 0.480 e. The second-order valence-electron chi connectivity index (χ2n) is 3.47.